The van der Waals surface area contributed by atoms with Crippen LogP contribution in [0.3, 0.4) is 0 Å². The standard InChI is InChI=1S/C10H12NO2/c1-12-5-3-9-6-8-7-11-4-2-10(8)13-9/h2,4,9H,3,5-6H2,1H3. The van der Waals surface area contributed by atoms with Gasteiger partial charge in [-0.05, 0) is 6.07 Å². The molecule has 3 heteroatoms. The van der Waals surface area contributed by atoms with Gasteiger partial charge in [-0.2, -0.15) is 0 Å². The van der Waals surface area contributed by atoms with Gasteiger partial charge in [0.1, 0.15) is 11.9 Å². The summed E-state index contributed by atoms with van der Waals surface area (Å²) in [4.78, 5) is 3.93. The molecule has 0 fully saturated rings. The lowest BCUT2D eigenvalue weighted by atomic mass is 10.1. The fourth-order valence-electron chi connectivity index (χ4n) is 1.49. The summed E-state index contributed by atoms with van der Waals surface area (Å²) < 4.78 is 10.7. The van der Waals surface area contributed by atoms with E-state index in [1.807, 2.05) is 6.07 Å². The average Bonchev–Trinajstić information content (AvgIpc) is 2.57. The van der Waals surface area contributed by atoms with Gasteiger partial charge in [0.05, 0.1) is 6.20 Å². The Hall–Kier alpha value is -1.09. The molecule has 1 aliphatic rings. The summed E-state index contributed by atoms with van der Waals surface area (Å²) in [5, 5.41) is 0. The molecule has 1 unspecified atom stereocenters. The first kappa shape index (κ1) is 8.51. The Balaban J connectivity index is 1.97. The second-order valence-corrected chi connectivity index (χ2v) is 3.12. The monoisotopic (exact) mass is 178 g/mol. The van der Waals surface area contributed by atoms with Gasteiger partial charge in [-0.3, -0.25) is 4.98 Å². The molecule has 0 aliphatic carbocycles. The lowest BCUT2D eigenvalue weighted by Crippen LogP contribution is -2.15. The fourth-order valence-corrected chi connectivity index (χ4v) is 1.49. The van der Waals surface area contributed by atoms with Crippen LogP contribution in [-0.2, 0) is 11.2 Å². The number of hydrogen-bond donors (Lipinski definition) is 0. The molecule has 1 radical (unpaired) electrons. The zero-order chi connectivity index (χ0) is 9.10. The van der Waals surface area contributed by atoms with E-state index in [1.165, 1.54) is 0 Å². The van der Waals surface area contributed by atoms with Crippen LogP contribution in [0, 0.1) is 6.20 Å². The summed E-state index contributed by atoms with van der Waals surface area (Å²) in [5.41, 5.74) is 1.09. The molecule has 1 atom stereocenters. The molecular weight excluding hydrogens is 166 g/mol. The molecule has 0 amide bonds. The lowest BCUT2D eigenvalue weighted by molar-refractivity contribution is 0.138. The highest BCUT2D eigenvalue weighted by atomic mass is 16.5. The van der Waals surface area contributed by atoms with Crippen molar-refractivity contribution in [1.82, 2.24) is 4.98 Å². The summed E-state index contributed by atoms with van der Waals surface area (Å²) in [6.45, 7) is 0.742. The highest BCUT2D eigenvalue weighted by molar-refractivity contribution is 5.33. The van der Waals surface area contributed by atoms with E-state index in [1.54, 1.807) is 13.3 Å². The first-order valence-electron chi connectivity index (χ1n) is 4.41. The number of pyridine rings is 1. The molecule has 13 heavy (non-hydrogen) atoms. The van der Waals surface area contributed by atoms with E-state index in [-0.39, 0.29) is 6.10 Å². The number of methoxy groups -OCH3 is 1. The van der Waals surface area contributed by atoms with Crippen LogP contribution >= 0.6 is 0 Å². The fraction of sp³-hybridized carbons (Fsp3) is 0.500. The van der Waals surface area contributed by atoms with Crippen LogP contribution in [0.5, 0.6) is 5.75 Å². The van der Waals surface area contributed by atoms with Gasteiger partial charge in [0.25, 0.3) is 0 Å². The minimum absolute atomic E-state index is 0.246. The van der Waals surface area contributed by atoms with Crippen molar-refractivity contribution in [3.8, 4) is 5.75 Å². The first-order valence-corrected chi connectivity index (χ1v) is 4.41. The molecule has 1 aromatic heterocycles. The summed E-state index contributed by atoms with van der Waals surface area (Å²) >= 11 is 0. The molecule has 0 aromatic carbocycles. The van der Waals surface area contributed by atoms with E-state index in [4.69, 9.17) is 9.47 Å². The minimum Gasteiger partial charge on any atom is -0.490 e. The number of rotatable bonds is 3. The highest BCUT2D eigenvalue weighted by Crippen LogP contribution is 2.28. The Morgan fingerprint density at radius 3 is 3.46 bits per heavy atom. The van der Waals surface area contributed by atoms with E-state index in [0.29, 0.717) is 0 Å². The Morgan fingerprint density at radius 2 is 2.69 bits per heavy atom. The van der Waals surface area contributed by atoms with Crippen LogP contribution < -0.4 is 4.74 Å². The van der Waals surface area contributed by atoms with Crippen molar-refractivity contribution in [2.24, 2.45) is 0 Å². The Labute approximate surface area is 77.7 Å². The van der Waals surface area contributed by atoms with Crippen LogP contribution in [0.25, 0.3) is 0 Å². The van der Waals surface area contributed by atoms with Crippen molar-refractivity contribution < 1.29 is 9.47 Å². The topological polar surface area (TPSA) is 31.4 Å². The summed E-state index contributed by atoms with van der Waals surface area (Å²) in [5.74, 6) is 0.927. The average molecular weight is 178 g/mol. The normalized spacial score (nSPS) is 19.6. The largest absolute Gasteiger partial charge is 0.490 e. The van der Waals surface area contributed by atoms with Gasteiger partial charge in [0, 0.05) is 38.3 Å². The Morgan fingerprint density at radius 1 is 1.77 bits per heavy atom. The van der Waals surface area contributed by atoms with Crippen LogP contribution in [0.1, 0.15) is 12.0 Å². The molecule has 0 N–H and O–H groups in total. The molecule has 0 spiro atoms. The molecule has 0 saturated carbocycles. The van der Waals surface area contributed by atoms with Crippen molar-refractivity contribution >= 4 is 0 Å². The van der Waals surface area contributed by atoms with Crippen LogP contribution in [-0.4, -0.2) is 24.8 Å². The van der Waals surface area contributed by atoms with Gasteiger partial charge in [-0.1, -0.05) is 0 Å². The van der Waals surface area contributed by atoms with Gasteiger partial charge >= 0.3 is 0 Å². The third kappa shape index (κ3) is 1.80. The zero-order valence-electron chi connectivity index (χ0n) is 7.62. The minimum atomic E-state index is 0.246. The van der Waals surface area contributed by atoms with Crippen LogP contribution in [0.15, 0.2) is 12.3 Å². The maximum absolute atomic E-state index is 5.66. The third-order valence-electron chi connectivity index (χ3n) is 2.17. The number of nitrogens with zero attached hydrogens (tertiary/aromatic N) is 1. The maximum atomic E-state index is 5.66. The summed E-state index contributed by atoms with van der Waals surface area (Å²) in [7, 11) is 1.70. The number of hydrogen-bond acceptors (Lipinski definition) is 3. The predicted molar refractivity (Wildman–Crippen MR) is 47.7 cm³/mol. The van der Waals surface area contributed by atoms with Crippen molar-refractivity contribution in [2.45, 2.75) is 18.9 Å². The highest BCUT2D eigenvalue weighted by Gasteiger charge is 2.22. The molecule has 0 saturated heterocycles. The molecule has 0 bridgehead atoms. The van der Waals surface area contributed by atoms with E-state index in [2.05, 4.69) is 11.2 Å². The smallest absolute Gasteiger partial charge is 0.126 e. The number of ether oxygens (including phenoxy) is 2. The van der Waals surface area contributed by atoms with Gasteiger partial charge in [-0.15, -0.1) is 0 Å². The van der Waals surface area contributed by atoms with Crippen molar-refractivity contribution in [2.75, 3.05) is 13.7 Å². The first-order chi connectivity index (χ1) is 6.40. The molecule has 2 rings (SSSR count). The quantitative estimate of drug-likeness (QED) is 0.697. The Kier molecular flexibility index (Phi) is 2.45. The van der Waals surface area contributed by atoms with Gasteiger partial charge in [-0.25, -0.2) is 0 Å². The molecule has 1 aliphatic heterocycles. The summed E-state index contributed by atoms with van der Waals surface area (Å²) in [6, 6.07) is 1.89. The summed E-state index contributed by atoms with van der Waals surface area (Å²) in [6.07, 6.45) is 6.73. The lowest BCUT2D eigenvalue weighted by Gasteiger charge is -2.08. The van der Waals surface area contributed by atoms with E-state index in [0.717, 1.165) is 30.8 Å². The number of fused-ring (bicyclic) bond motifs is 1. The van der Waals surface area contributed by atoms with Gasteiger partial charge in [0.2, 0.25) is 0 Å². The van der Waals surface area contributed by atoms with Crippen molar-refractivity contribution in [1.29, 1.82) is 0 Å². The Bertz CT molecular complexity index is 263. The third-order valence-corrected chi connectivity index (χ3v) is 2.17. The van der Waals surface area contributed by atoms with E-state index < -0.39 is 0 Å². The molecule has 3 nitrogen and oxygen atoms in total. The predicted octanol–water partition coefficient (Wildman–Crippen LogP) is 1.22. The maximum Gasteiger partial charge on any atom is 0.126 e. The van der Waals surface area contributed by atoms with Gasteiger partial charge < -0.3 is 9.47 Å². The van der Waals surface area contributed by atoms with Crippen LogP contribution in [0.4, 0.5) is 0 Å². The molecule has 1 aromatic rings. The molecular formula is C10H12NO2. The zero-order valence-corrected chi connectivity index (χ0v) is 7.62. The van der Waals surface area contributed by atoms with Gasteiger partial charge in [0.15, 0.2) is 0 Å². The van der Waals surface area contributed by atoms with Crippen LogP contribution in [0.2, 0.25) is 0 Å². The van der Waals surface area contributed by atoms with E-state index >= 15 is 0 Å². The number of aromatic nitrogens is 1. The SMILES string of the molecule is COCCC1Cc2[c]nccc2O1. The van der Waals surface area contributed by atoms with E-state index in [9.17, 15) is 0 Å². The molecule has 69 valence electrons. The molecule has 2 heterocycles. The second kappa shape index (κ2) is 3.75. The second-order valence-electron chi connectivity index (χ2n) is 3.12. The van der Waals surface area contributed by atoms with Crippen molar-refractivity contribution in [3.63, 3.8) is 0 Å². The van der Waals surface area contributed by atoms with Crippen molar-refractivity contribution in [3.05, 3.63) is 24.0 Å².